The van der Waals surface area contributed by atoms with Crippen LogP contribution >= 0.6 is 11.8 Å². The molecule has 0 radical (unpaired) electrons. The fourth-order valence-corrected chi connectivity index (χ4v) is 3.36. The predicted octanol–water partition coefficient (Wildman–Crippen LogP) is 3.47. The summed E-state index contributed by atoms with van der Waals surface area (Å²) in [5.41, 5.74) is 6.78. The first kappa shape index (κ1) is 17.8. The van der Waals surface area contributed by atoms with Gasteiger partial charge in [0.05, 0.1) is 12.3 Å². The normalized spacial score (nSPS) is 10.5. The van der Waals surface area contributed by atoms with Gasteiger partial charge >= 0.3 is 0 Å². The van der Waals surface area contributed by atoms with Crippen LogP contribution in [0.3, 0.4) is 0 Å². The van der Waals surface area contributed by atoms with E-state index in [2.05, 4.69) is 10.6 Å². The maximum absolute atomic E-state index is 12.4. The molecule has 0 spiro atoms. The van der Waals surface area contributed by atoms with Crippen LogP contribution in [0.25, 0.3) is 10.8 Å². The third-order valence-electron chi connectivity index (χ3n) is 3.76. The van der Waals surface area contributed by atoms with Gasteiger partial charge in [-0.1, -0.05) is 48.5 Å². The molecule has 0 aliphatic rings. The SMILES string of the molecule is NC(=O)CSc1ccccc1NCC(=O)Nc1cccc2ccccc12. The number of amides is 2. The van der Waals surface area contributed by atoms with Crippen LogP contribution in [0.1, 0.15) is 0 Å². The number of rotatable bonds is 7. The van der Waals surface area contributed by atoms with E-state index in [1.165, 1.54) is 11.8 Å². The number of nitrogens with two attached hydrogens (primary N) is 1. The van der Waals surface area contributed by atoms with Crippen molar-refractivity contribution >= 4 is 45.7 Å². The van der Waals surface area contributed by atoms with Crippen molar-refractivity contribution in [3.63, 3.8) is 0 Å². The van der Waals surface area contributed by atoms with Crippen LogP contribution in [0.2, 0.25) is 0 Å². The maximum atomic E-state index is 12.4. The summed E-state index contributed by atoms with van der Waals surface area (Å²) in [6.07, 6.45) is 0. The number of carbonyl (C=O) groups excluding carboxylic acids is 2. The van der Waals surface area contributed by atoms with Gasteiger partial charge in [-0.05, 0) is 23.6 Å². The van der Waals surface area contributed by atoms with Crippen LogP contribution in [0, 0.1) is 0 Å². The summed E-state index contributed by atoms with van der Waals surface area (Å²) in [5, 5.41) is 8.14. The van der Waals surface area contributed by atoms with Crippen molar-refractivity contribution in [3.05, 3.63) is 66.7 Å². The topological polar surface area (TPSA) is 84.2 Å². The summed E-state index contributed by atoms with van der Waals surface area (Å²) >= 11 is 1.34. The number of benzene rings is 3. The summed E-state index contributed by atoms with van der Waals surface area (Å²) < 4.78 is 0. The molecule has 3 aromatic rings. The molecule has 4 N–H and O–H groups in total. The Morgan fingerprint density at radius 1 is 0.885 bits per heavy atom. The minimum absolute atomic E-state index is 0.122. The Kier molecular flexibility index (Phi) is 5.76. The molecule has 2 amide bonds. The molecule has 132 valence electrons. The number of hydrogen-bond donors (Lipinski definition) is 3. The van der Waals surface area contributed by atoms with E-state index in [0.717, 1.165) is 27.0 Å². The van der Waals surface area contributed by atoms with Gasteiger partial charge in [0.25, 0.3) is 0 Å². The minimum Gasteiger partial charge on any atom is -0.375 e. The number of primary amides is 1. The molecule has 0 saturated heterocycles. The monoisotopic (exact) mass is 365 g/mol. The standard InChI is InChI=1S/C20H19N3O2S/c21-19(24)13-26-18-11-4-3-9-17(18)22-12-20(25)23-16-10-5-7-14-6-1-2-8-15(14)16/h1-11,22H,12-13H2,(H2,21,24)(H,23,25). The Bertz CT molecular complexity index is 938. The van der Waals surface area contributed by atoms with Gasteiger partial charge in [-0.3, -0.25) is 9.59 Å². The molecule has 0 heterocycles. The van der Waals surface area contributed by atoms with Crippen LogP contribution in [-0.2, 0) is 9.59 Å². The van der Waals surface area contributed by atoms with Gasteiger partial charge in [-0.15, -0.1) is 11.8 Å². The van der Waals surface area contributed by atoms with Gasteiger partial charge in [0.15, 0.2) is 0 Å². The first-order valence-electron chi connectivity index (χ1n) is 8.15. The van der Waals surface area contributed by atoms with E-state index in [9.17, 15) is 9.59 Å². The highest BCUT2D eigenvalue weighted by molar-refractivity contribution is 8.00. The van der Waals surface area contributed by atoms with E-state index in [1.807, 2.05) is 66.7 Å². The van der Waals surface area contributed by atoms with E-state index in [0.29, 0.717) is 0 Å². The Morgan fingerprint density at radius 2 is 1.58 bits per heavy atom. The minimum atomic E-state index is -0.376. The van der Waals surface area contributed by atoms with Gasteiger partial charge in [-0.2, -0.15) is 0 Å². The predicted molar refractivity (Wildman–Crippen MR) is 107 cm³/mol. The van der Waals surface area contributed by atoms with Crippen LogP contribution in [0.15, 0.2) is 71.6 Å². The van der Waals surface area contributed by atoms with Crippen molar-refractivity contribution in [2.45, 2.75) is 4.90 Å². The molecule has 3 rings (SSSR count). The Balaban J connectivity index is 1.65. The van der Waals surface area contributed by atoms with E-state index < -0.39 is 0 Å². The number of fused-ring (bicyclic) bond motifs is 1. The van der Waals surface area contributed by atoms with Gasteiger partial charge in [0.2, 0.25) is 11.8 Å². The van der Waals surface area contributed by atoms with E-state index >= 15 is 0 Å². The Labute approximate surface area is 156 Å². The Morgan fingerprint density at radius 3 is 2.42 bits per heavy atom. The summed E-state index contributed by atoms with van der Waals surface area (Å²) in [7, 11) is 0. The third kappa shape index (κ3) is 4.55. The van der Waals surface area contributed by atoms with Crippen LogP contribution in [0.5, 0.6) is 0 Å². The number of carbonyl (C=O) groups is 2. The molecule has 0 aromatic heterocycles. The summed E-state index contributed by atoms with van der Waals surface area (Å²) in [5.74, 6) is -0.324. The fraction of sp³-hybridized carbons (Fsp3) is 0.100. The zero-order valence-electron chi connectivity index (χ0n) is 14.1. The second kappa shape index (κ2) is 8.40. The van der Waals surface area contributed by atoms with Crippen molar-refractivity contribution in [1.82, 2.24) is 0 Å². The summed E-state index contributed by atoms with van der Waals surface area (Å²) in [6.45, 7) is 0.122. The van der Waals surface area contributed by atoms with Crippen molar-refractivity contribution in [3.8, 4) is 0 Å². The number of hydrogen-bond acceptors (Lipinski definition) is 4. The van der Waals surface area contributed by atoms with Crippen molar-refractivity contribution < 1.29 is 9.59 Å². The molecule has 0 fully saturated rings. The molecular weight excluding hydrogens is 346 g/mol. The second-order valence-electron chi connectivity index (χ2n) is 5.68. The van der Waals surface area contributed by atoms with Crippen molar-refractivity contribution in [1.29, 1.82) is 0 Å². The quantitative estimate of drug-likeness (QED) is 0.560. The fourth-order valence-electron chi connectivity index (χ4n) is 2.59. The molecule has 0 atom stereocenters. The first-order chi connectivity index (χ1) is 12.6. The first-order valence-corrected chi connectivity index (χ1v) is 9.13. The molecule has 3 aromatic carbocycles. The number of anilines is 2. The molecular formula is C20H19N3O2S. The number of nitrogens with one attached hydrogen (secondary N) is 2. The molecule has 0 aliphatic carbocycles. The lowest BCUT2D eigenvalue weighted by Gasteiger charge is -2.12. The lowest BCUT2D eigenvalue weighted by molar-refractivity contribution is -0.116. The largest absolute Gasteiger partial charge is 0.375 e. The Hall–Kier alpha value is -2.99. The van der Waals surface area contributed by atoms with Crippen molar-refractivity contribution in [2.24, 2.45) is 5.73 Å². The lowest BCUT2D eigenvalue weighted by Crippen LogP contribution is -2.22. The smallest absolute Gasteiger partial charge is 0.243 e. The summed E-state index contributed by atoms with van der Waals surface area (Å²) in [4.78, 5) is 24.2. The molecule has 26 heavy (non-hydrogen) atoms. The summed E-state index contributed by atoms with van der Waals surface area (Å²) in [6, 6.07) is 21.2. The van der Waals surface area contributed by atoms with E-state index in [4.69, 9.17) is 5.73 Å². The highest BCUT2D eigenvalue weighted by atomic mass is 32.2. The van der Waals surface area contributed by atoms with Crippen LogP contribution < -0.4 is 16.4 Å². The molecule has 0 bridgehead atoms. The average molecular weight is 365 g/mol. The van der Waals surface area contributed by atoms with Crippen molar-refractivity contribution in [2.75, 3.05) is 22.9 Å². The highest BCUT2D eigenvalue weighted by Gasteiger charge is 2.08. The molecule has 0 saturated carbocycles. The molecule has 0 unspecified atom stereocenters. The number of thioether (sulfide) groups is 1. The molecule has 6 heteroatoms. The van der Waals surface area contributed by atoms with Gasteiger partial charge < -0.3 is 16.4 Å². The zero-order chi connectivity index (χ0) is 18.4. The van der Waals surface area contributed by atoms with Gasteiger partial charge in [-0.25, -0.2) is 0 Å². The second-order valence-corrected chi connectivity index (χ2v) is 6.70. The van der Waals surface area contributed by atoms with E-state index in [-0.39, 0.29) is 24.1 Å². The lowest BCUT2D eigenvalue weighted by atomic mass is 10.1. The van der Waals surface area contributed by atoms with Crippen LogP contribution in [0.4, 0.5) is 11.4 Å². The third-order valence-corrected chi connectivity index (χ3v) is 4.86. The van der Waals surface area contributed by atoms with Gasteiger partial charge in [0, 0.05) is 21.7 Å². The highest BCUT2D eigenvalue weighted by Crippen LogP contribution is 2.27. The van der Waals surface area contributed by atoms with E-state index in [1.54, 1.807) is 0 Å². The molecule has 0 aliphatic heterocycles. The average Bonchev–Trinajstić information content (AvgIpc) is 2.65. The maximum Gasteiger partial charge on any atom is 0.243 e. The van der Waals surface area contributed by atoms with Gasteiger partial charge in [0.1, 0.15) is 0 Å². The van der Waals surface area contributed by atoms with Crippen LogP contribution in [-0.4, -0.2) is 24.1 Å². The number of para-hydroxylation sites is 1. The zero-order valence-corrected chi connectivity index (χ0v) is 14.9. The molecule has 5 nitrogen and oxygen atoms in total.